The third-order valence-corrected chi connectivity index (χ3v) is 3.42. The van der Waals surface area contributed by atoms with Crippen molar-refractivity contribution in [2.75, 3.05) is 11.4 Å². The lowest BCUT2D eigenvalue weighted by Gasteiger charge is -2.31. The highest BCUT2D eigenvalue weighted by Gasteiger charge is 2.33. The molecule has 0 saturated heterocycles. The number of anilines is 2. The number of hydrogen-bond donors (Lipinski definition) is 0. The summed E-state index contributed by atoms with van der Waals surface area (Å²) in [7, 11) is 0. The number of halogens is 3. The van der Waals surface area contributed by atoms with E-state index in [4.69, 9.17) is 0 Å². The fourth-order valence-electron chi connectivity index (χ4n) is 2.61. The van der Waals surface area contributed by atoms with Crippen LogP contribution in [0.25, 0.3) is 6.08 Å². The Labute approximate surface area is 126 Å². The van der Waals surface area contributed by atoms with Crippen LogP contribution in [0.4, 0.5) is 24.5 Å². The Morgan fingerprint density at radius 1 is 0.955 bits per heavy atom. The van der Waals surface area contributed by atoms with Crippen LogP contribution in [0.15, 0.2) is 54.1 Å². The standard InChI is InChI=1S/C17H14F3NO/c1-12-10-13-6-2-3-7-14(13)21(11-12)15-8-4-5-9-16(15)22-17(18,19)20/h2-10H,11H2,1H3. The molecule has 1 aliphatic heterocycles. The second kappa shape index (κ2) is 5.40. The molecular formula is C17H14F3NO. The molecule has 2 aromatic carbocycles. The first-order valence-electron chi connectivity index (χ1n) is 6.82. The smallest absolute Gasteiger partial charge is 0.404 e. The third-order valence-electron chi connectivity index (χ3n) is 3.42. The maximum atomic E-state index is 12.6. The lowest BCUT2D eigenvalue weighted by Crippen LogP contribution is -2.25. The maximum Gasteiger partial charge on any atom is 0.573 e. The highest BCUT2D eigenvalue weighted by Crippen LogP contribution is 2.40. The molecule has 0 unspecified atom stereocenters. The molecule has 0 N–H and O–H groups in total. The van der Waals surface area contributed by atoms with E-state index < -0.39 is 6.36 Å². The lowest BCUT2D eigenvalue weighted by molar-refractivity contribution is -0.274. The van der Waals surface area contributed by atoms with Crippen LogP contribution in [0.2, 0.25) is 0 Å². The quantitative estimate of drug-likeness (QED) is 0.761. The molecule has 2 aromatic rings. The van der Waals surface area contributed by atoms with E-state index in [0.29, 0.717) is 12.2 Å². The van der Waals surface area contributed by atoms with E-state index in [1.165, 1.54) is 12.1 Å². The van der Waals surface area contributed by atoms with Crippen molar-refractivity contribution in [3.8, 4) is 5.75 Å². The summed E-state index contributed by atoms with van der Waals surface area (Å²) in [5, 5.41) is 0. The van der Waals surface area contributed by atoms with E-state index in [9.17, 15) is 13.2 Å². The molecular weight excluding hydrogens is 291 g/mol. The predicted octanol–water partition coefficient (Wildman–Crippen LogP) is 5.14. The molecule has 2 nitrogen and oxygen atoms in total. The lowest BCUT2D eigenvalue weighted by atomic mass is 10.0. The zero-order chi connectivity index (χ0) is 15.7. The van der Waals surface area contributed by atoms with E-state index in [2.05, 4.69) is 4.74 Å². The summed E-state index contributed by atoms with van der Waals surface area (Å²) in [4.78, 5) is 1.84. The molecule has 0 atom stereocenters. The highest BCUT2D eigenvalue weighted by molar-refractivity contribution is 5.81. The van der Waals surface area contributed by atoms with Crippen LogP contribution in [0.3, 0.4) is 0 Å². The van der Waals surface area contributed by atoms with Gasteiger partial charge in [0, 0.05) is 12.2 Å². The van der Waals surface area contributed by atoms with Gasteiger partial charge in [-0.05, 0) is 30.7 Å². The van der Waals surface area contributed by atoms with Gasteiger partial charge in [-0.2, -0.15) is 0 Å². The molecule has 22 heavy (non-hydrogen) atoms. The number of nitrogens with zero attached hydrogens (tertiary/aromatic N) is 1. The minimum absolute atomic E-state index is 0.195. The Morgan fingerprint density at radius 2 is 1.59 bits per heavy atom. The molecule has 5 heteroatoms. The molecule has 0 amide bonds. The molecule has 114 valence electrons. The molecule has 0 radical (unpaired) electrons. The summed E-state index contributed by atoms with van der Waals surface area (Å²) in [6.07, 6.45) is -2.67. The summed E-state index contributed by atoms with van der Waals surface area (Å²) in [6, 6.07) is 13.8. The number of alkyl halides is 3. The molecule has 0 aromatic heterocycles. The normalized spacial score (nSPS) is 14.4. The number of ether oxygens (including phenoxy) is 1. The summed E-state index contributed by atoms with van der Waals surface area (Å²) >= 11 is 0. The van der Waals surface area contributed by atoms with Crippen LogP contribution in [-0.2, 0) is 0 Å². The van der Waals surface area contributed by atoms with Crippen LogP contribution < -0.4 is 9.64 Å². The van der Waals surface area contributed by atoms with E-state index >= 15 is 0 Å². The SMILES string of the molecule is CC1=Cc2ccccc2N(c2ccccc2OC(F)(F)F)C1. The first-order valence-corrected chi connectivity index (χ1v) is 6.82. The minimum Gasteiger partial charge on any atom is -0.404 e. The fraction of sp³-hybridized carbons (Fsp3) is 0.176. The van der Waals surface area contributed by atoms with Crippen LogP contribution in [-0.4, -0.2) is 12.9 Å². The van der Waals surface area contributed by atoms with Gasteiger partial charge in [0.05, 0.1) is 5.69 Å². The number of fused-ring (bicyclic) bond motifs is 1. The van der Waals surface area contributed by atoms with Gasteiger partial charge >= 0.3 is 6.36 Å². The Balaban J connectivity index is 2.07. The van der Waals surface area contributed by atoms with Crippen molar-refractivity contribution in [2.45, 2.75) is 13.3 Å². The predicted molar refractivity (Wildman–Crippen MR) is 80.2 cm³/mol. The van der Waals surface area contributed by atoms with Gasteiger partial charge in [-0.25, -0.2) is 0 Å². The van der Waals surface area contributed by atoms with Crippen LogP contribution in [0, 0.1) is 0 Å². The molecule has 0 fully saturated rings. The van der Waals surface area contributed by atoms with Crippen molar-refractivity contribution in [3.63, 3.8) is 0 Å². The summed E-state index contributed by atoms with van der Waals surface area (Å²) in [6.45, 7) is 2.48. The maximum absolute atomic E-state index is 12.6. The van der Waals surface area contributed by atoms with Gasteiger partial charge in [-0.3, -0.25) is 0 Å². The zero-order valence-electron chi connectivity index (χ0n) is 11.9. The highest BCUT2D eigenvalue weighted by atomic mass is 19.4. The van der Waals surface area contributed by atoms with Gasteiger partial charge in [0.15, 0.2) is 5.75 Å². The monoisotopic (exact) mass is 305 g/mol. The number of hydrogen-bond acceptors (Lipinski definition) is 2. The summed E-state index contributed by atoms with van der Waals surface area (Å²) in [5.41, 5.74) is 3.32. The van der Waals surface area contributed by atoms with E-state index in [0.717, 1.165) is 16.8 Å². The van der Waals surface area contributed by atoms with Gasteiger partial charge < -0.3 is 9.64 Å². The molecule has 0 spiro atoms. The van der Waals surface area contributed by atoms with Gasteiger partial charge in [0.1, 0.15) is 0 Å². The van der Waals surface area contributed by atoms with Crippen molar-refractivity contribution in [1.29, 1.82) is 0 Å². The number of rotatable bonds is 2. The van der Waals surface area contributed by atoms with Crippen molar-refractivity contribution < 1.29 is 17.9 Å². The van der Waals surface area contributed by atoms with Crippen LogP contribution in [0.5, 0.6) is 5.75 Å². The summed E-state index contributed by atoms with van der Waals surface area (Å²) < 4.78 is 42.0. The van der Waals surface area contributed by atoms with Crippen molar-refractivity contribution in [1.82, 2.24) is 0 Å². The van der Waals surface area contributed by atoms with Crippen molar-refractivity contribution in [2.24, 2.45) is 0 Å². The molecule has 0 aliphatic carbocycles. The van der Waals surface area contributed by atoms with E-state index in [1.807, 2.05) is 42.2 Å². The number of para-hydroxylation sites is 3. The first-order chi connectivity index (χ1) is 10.4. The molecule has 1 heterocycles. The average Bonchev–Trinajstić information content (AvgIpc) is 2.45. The Bertz CT molecular complexity index is 722. The second-order valence-electron chi connectivity index (χ2n) is 5.15. The summed E-state index contributed by atoms with van der Waals surface area (Å²) in [5.74, 6) is -0.195. The first kappa shape index (κ1) is 14.5. The van der Waals surface area contributed by atoms with Gasteiger partial charge in [0.2, 0.25) is 0 Å². The topological polar surface area (TPSA) is 12.5 Å². The molecule has 3 rings (SSSR count). The molecule has 0 saturated carbocycles. The second-order valence-corrected chi connectivity index (χ2v) is 5.15. The minimum atomic E-state index is -4.71. The Hall–Kier alpha value is -2.43. The number of benzene rings is 2. The Morgan fingerprint density at radius 3 is 2.32 bits per heavy atom. The fourth-order valence-corrected chi connectivity index (χ4v) is 2.61. The zero-order valence-corrected chi connectivity index (χ0v) is 11.9. The van der Waals surface area contributed by atoms with Gasteiger partial charge in [-0.15, -0.1) is 13.2 Å². The molecule has 1 aliphatic rings. The van der Waals surface area contributed by atoms with Gasteiger partial charge in [0.25, 0.3) is 0 Å². The van der Waals surface area contributed by atoms with Crippen molar-refractivity contribution >= 4 is 17.5 Å². The van der Waals surface area contributed by atoms with E-state index in [1.54, 1.807) is 12.1 Å². The van der Waals surface area contributed by atoms with Crippen molar-refractivity contribution in [3.05, 3.63) is 59.7 Å². The van der Waals surface area contributed by atoms with Crippen LogP contribution in [0.1, 0.15) is 12.5 Å². The van der Waals surface area contributed by atoms with E-state index in [-0.39, 0.29) is 5.75 Å². The van der Waals surface area contributed by atoms with Crippen LogP contribution >= 0.6 is 0 Å². The van der Waals surface area contributed by atoms with Gasteiger partial charge in [-0.1, -0.05) is 42.0 Å². The average molecular weight is 305 g/mol. The largest absolute Gasteiger partial charge is 0.573 e. The third kappa shape index (κ3) is 2.93. The Kier molecular flexibility index (Phi) is 3.56. The molecule has 0 bridgehead atoms.